The largest absolute Gasteiger partial charge is 0.369 e. The zero-order chi connectivity index (χ0) is 23.5. The molecule has 0 bridgehead atoms. The monoisotopic (exact) mass is 454 g/mol. The van der Waals surface area contributed by atoms with E-state index in [9.17, 15) is 4.79 Å². The van der Waals surface area contributed by atoms with Crippen molar-refractivity contribution >= 4 is 11.6 Å². The SMILES string of the molecule is CC(=O)c1ccc2c(c1)Cc1nc(C(C)c3ccccc3)nc(NCCCN3CCCCC3)c1-2. The maximum absolute atomic E-state index is 11.9. The molecule has 1 aromatic heterocycles. The Labute approximate surface area is 202 Å². The van der Waals surface area contributed by atoms with Gasteiger partial charge in [-0.25, -0.2) is 9.97 Å². The molecule has 0 spiro atoms. The first-order valence-electron chi connectivity index (χ1n) is 12.7. The van der Waals surface area contributed by atoms with Gasteiger partial charge in [0.25, 0.3) is 0 Å². The Morgan fingerprint density at radius 2 is 1.85 bits per heavy atom. The fourth-order valence-corrected chi connectivity index (χ4v) is 5.23. The summed E-state index contributed by atoms with van der Waals surface area (Å²) < 4.78 is 0. The van der Waals surface area contributed by atoms with Crippen LogP contribution in [0, 0.1) is 0 Å². The van der Waals surface area contributed by atoms with Crippen LogP contribution in [0.15, 0.2) is 48.5 Å². The Kier molecular flexibility index (Phi) is 6.73. The van der Waals surface area contributed by atoms with Gasteiger partial charge < -0.3 is 10.2 Å². The Balaban J connectivity index is 1.42. The molecule has 5 rings (SSSR count). The summed E-state index contributed by atoms with van der Waals surface area (Å²) in [5, 5.41) is 3.66. The number of nitrogens with zero attached hydrogens (tertiary/aromatic N) is 3. The number of rotatable bonds is 8. The number of likely N-dealkylation sites (tertiary alicyclic amines) is 1. The number of ketones is 1. The second-order valence-electron chi connectivity index (χ2n) is 9.67. The number of benzene rings is 2. The molecular formula is C29H34N4O. The molecule has 5 heteroatoms. The van der Waals surface area contributed by atoms with Crippen molar-refractivity contribution in [3.63, 3.8) is 0 Å². The molecular weight excluding hydrogens is 420 g/mol. The number of Topliss-reactive ketones (excluding diaryl/α,β-unsaturated/α-hetero) is 1. The van der Waals surface area contributed by atoms with E-state index in [-0.39, 0.29) is 11.7 Å². The van der Waals surface area contributed by atoms with Crippen molar-refractivity contribution < 1.29 is 4.79 Å². The number of anilines is 1. The molecule has 2 aliphatic rings. The molecule has 5 nitrogen and oxygen atoms in total. The van der Waals surface area contributed by atoms with Crippen LogP contribution in [0.3, 0.4) is 0 Å². The number of hydrogen-bond acceptors (Lipinski definition) is 5. The predicted octanol–water partition coefficient (Wildman–Crippen LogP) is 5.69. The highest BCUT2D eigenvalue weighted by Crippen LogP contribution is 2.41. The van der Waals surface area contributed by atoms with Gasteiger partial charge in [-0.15, -0.1) is 0 Å². The first-order valence-corrected chi connectivity index (χ1v) is 12.7. The van der Waals surface area contributed by atoms with E-state index in [1.807, 2.05) is 18.2 Å². The molecule has 1 N–H and O–H groups in total. The van der Waals surface area contributed by atoms with Gasteiger partial charge in [-0.1, -0.05) is 55.8 Å². The summed E-state index contributed by atoms with van der Waals surface area (Å²) in [7, 11) is 0. The van der Waals surface area contributed by atoms with E-state index < -0.39 is 0 Å². The van der Waals surface area contributed by atoms with Crippen LogP contribution in [0.25, 0.3) is 11.1 Å². The predicted molar refractivity (Wildman–Crippen MR) is 138 cm³/mol. The third-order valence-corrected chi connectivity index (χ3v) is 7.22. The van der Waals surface area contributed by atoms with Gasteiger partial charge in [0, 0.05) is 30.0 Å². The van der Waals surface area contributed by atoms with Crippen LogP contribution >= 0.6 is 0 Å². The number of nitrogens with one attached hydrogen (secondary N) is 1. The summed E-state index contributed by atoms with van der Waals surface area (Å²) in [5.41, 5.74) is 6.45. The highest BCUT2D eigenvalue weighted by Gasteiger charge is 2.27. The first-order chi connectivity index (χ1) is 16.6. The van der Waals surface area contributed by atoms with E-state index in [0.29, 0.717) is 0 Å². The molecule has 2 heterocycles. The van der Waals surface area contributed by atoms with Crippen LogP contribution in [0.4, 0.5) is 5.82 Å². The molecule has 34 heavy (non-hydrogen) atoms. The van der Waals surface area contributed by atoms with Gasteiger partial charge in [0.2, 0.25) is 0 Å². The topological polar surface area (TPSA) is 58.1 Å². The van der Waals surface area contributed by atoms with Gasteiger partial charge in [-0.05, 0) is 68.6 Å². The Bertz CT molecular complexity index is 1170. The van der Waals surface area contributed by atoms with Crippen molar-refractivity contribution in [2.45, 2.75) is 51.9 Å². The number of fused-ring (bicyclic) bond motifs is 3. The molecule has 0 amide bonds. The van der Waals surface area contributed by atoms with E-state index in [2.05, 4.69) is 47.5 Å². The maximum atomic E-state index is 11.9. The molecule has 1 unspecified atom stereocenters. The van der Waals surface area contributed by atoms with Gasteiger partial charge in [0.15, 0.2) is 5.78 Å². The standard InChI is InChI=1S/C29H34N4O/c1-20(22-10-5-3-6-11-22)28-31-26-19-24-18-23(21(2)34)12-13-25(24)27(26)29(32-28)30-14-9-17-33-15-7-4-8-16-33/h3,5-6,10-13,18,20H,4,7-9,14-17,19H2,1-2H3,(H,30,31,32). The highest BCUT2D eigenvalue weighted by atomic mass is 16.1. The first kappa shape index (κ1) is 22.7. The van der Waals surface area contributed by atoms with Gasteiger partial charge in [-0.3, -0.25) is 4.79 Å². The molecule has 1 fully saturated rings. The number of aromatic nitrogens is 2. The lowest BCUT2D eigenvalue weighted by Crippen LogP contribution is -2.31. The van der Waals surface area contributed by atoms with Crippen LogP contribution in [0.2, 0.25) is 0 Å². The van der Waals surface area contributed by atoms with Crippen LogP contribution < -0.4 is 5.32 Å². The summed E-state index contributed by atoms with van der Waals surface area (Å²) in [6.45, 7) is 8.28. The van der Waals surface area contributed by atoms with E-state index in [1.54, 1.807) is 6.92 Å². The third-order valence-electron chi connectivity index (χ3n) is 7.22. The minimum absolute atomic E-state index is 0.0966. The van der Waals surface area contributed by atoms with Crippen LogP contribution in [-0.2, 0) is 6.42 Å². The molecule has 1 aliphatic carbocycles. The zero-order valence-corrected chi connectivity index (χ0v) is 20.3. The number of carbonyl (C=O) groups is 1. The number of carbonyl (C=O) groups excluding carboxylic acids is 1. The zero-order valence-electron chi connectivity index (χ0n) is 20.3. The average molecular weight is 455 g/mol. The minimum Gasteiger partial charge on any atom is -0.369 e. The van der Waals surface area contributed by atoms with E-state index in [1.165, 1.54) is 37.9 Å². The quantitative estimate of drug-likeness (QED) is 0.274. The fourth-order valence-electron chi connectivity index (χ4n) is 5.23. The second kappa shape index (κ2) is 10.1. The number of hydrogen-bond donors (Lipinski definition) is 1. The van der Waals surface area contributed by atoms with Crippen molar-refractivity contribution in [3.8, 4) is 11.1 Å². The van der Waals surface area contributed by atoms with Gasteiger partial charge in [0.05, 0.1) is 5.69 Å². The fraction of sp³-hybridized carbons (Fsp3) is 0.414. The van der Waals surface area contributed by atoms with E-state index in [4.69, 9.17) is 9.97 Å². The van der Waals surface area contributed by atoms with Crippen molar-refractivity contribution in [1.82, 2.24) is 14.9 Å². The Morgan fingerprint density at radius 3 is 2.62 bits per heavy atom. The molecule has 1 saturated heterocycles. The van der Waals surface area contributed by atoms with Crippen LogP contribution in [0.1, 0.15) is 78.5 Å². The van der Waals surface area contributed by atoms with Crippen LogP contribution in [0.5, 0.6) is 0 Å². The lowest BCUT2D eigenvalue weighted by Gasteiger charge is -2.26. The van der Waals surface area contributed by atoms with Crippen LogP contribution in [-0.4, -0.2) is 46.8 Å². The molecule has 1 aliphatic heterocycles. The molecule has 1 atom stereocenters. The van der Waals surface area contributed by atoms with E-state index in [0.717, 1.165) is 65.5 Å². The molecule has 0 saturated carbocycles. The second-order valence-corrected chi connectivity index (χ2v) is 9.67. The van der Waals surface area contributed by atoms with Gasteiger partial charge in [-0.2, -0.15) is 0 Å². The summed E-state index contributed by atoms with van der Waals surface area (Å²) in [6.07, 6.45) is 5.86. The normalized spacial score (nSPS) is 16.1. The van der Waals surface area contributed by atoms with E-state index >= 15 is 0 Å². The lowest BCUT2D eigenvalue weighted by atomic mass is 10.00. The van der Waals surface area contributed by atoms with Crippen molar-refractivity contribution in [2.24, 2.45) is 0 Å². The smallest absolute Gasteiger partial charge is 0.159 e. The molecule has 0 radical (unpaired) electrons. The van der Waals surface area contributed by atoms with Crippen molar-refractivity contribution in [1.29, 1.82) is 0 Å². The van der Waals surface area contributed by atoms with Gasteiger partial charge in [0.1, 0.15) is 11.6 Å². The molecule has 2 aromatic carbocycles. The maximum Gasteiger partial charge on any atom is 0.159 e. The third kappa shape index (κ3) is 4.76. The molecule has 176 valence electrons. The Morgan fingerprint density at radius 1 is 1.06 bits per heavy atom. The summed E-state index contributed by atoms with van der Waals surface area (Å²) in [4.78, 5) is 24.6. The summed E-state index contributed by atoms with van der Waals surface area (Å²) >= 11 is 0. The lowest BCUT2D eigenvalue weighted by molar-refractivity contribution is 0.101. The average Bonchev–Trinajstić information content (AvgIpc) is 3.25. The number of piperidine rings is 1. The highest BCUT2D eigenvalue weighted by molar-refractivity contribution is 5.96. The van der Waals surface area contributed by atoms with Gasteiger partial charge >= 0.3 is 0 Å². The molecule has 3 aromatic rings. The summed E-state index contributed by atoms with van der Waals surface area (Å²) in [5.74, 6) is 1.98. The summed E-state index contributed by atoms with van der Waals surface area (Å²) in [6, 6.07) is 16.5. The minimum atomic E-state index is 0.0966. The van der Waals surface area contributed by atoms with Crippen molar-refractivity contribution in [3.05, 3.63) is 76.7 Å². The Hall–Kier alpha value is -3.05. The van der Waals surface area contributed by atoms with Crippen molar-refractivity contribution in [2.75, 3.05) is 31.5 Å².